The number of benzene rings is 2. The fourth-order valence-electron chi connectivity index (χ4n) is 3.62. The Labute approximate surface area is 194 Å². The van der Waals surface area contributed by atoms with Gasteiger partial charge < -0.3 is 20.1 Å². The molecule has 33 heavy (non-hydrogen) atoms. The van der Waals surface area contributed by atoms with E-state index in [2.05, 4.69) is 10.6 Å². The molecule has 2 aromatic carbocycles. The largest absolute Gasteiger partial charge is 0.497 e. The van der Waals surface area contributed by atoms with Crippen LogP contribution in [-0.4, -0.2) is 57.9 Å². The number of piperidine rings is 1. The molecule has 0 unspecified atom stereocenters. The number of carbonyl (C=O) groups excluding carboxylic acids is 2. The van der Waals surface area contributed by atoms with Crippen molar-refractivity contribution < 1.29 is 27.5 Å². The van der Waals surface area contributed by atoms with Gasteiger partial charge in [-0.25, -0.2) is 8.42 Å². The predicted molar refractivity (Wildman–Crippen MR) is 124 cm³/mol. The number of anilines is 1. The number of methoxy groups -OCH3 is 2. The van der Waals surface area contributed by atoms with Crippen molar-refractivity contribution >= 4 is 27.5 Å². The lowest BCUT2D eigenvalue weighted by molar-refractivity contribution is -0.129. The maximum absolute atomic E-state index is 13.0. The van der Waals surface area contributed by atoms with Crippen LogP contribution in [0.2, 0.25) is 0 Å². The Hall–Kier alpha value is -3.11. The van der Waals surface area contributed by atoms with Gasteiger partial charge in [0.2, 0.25) is 21.8 Å². The maximum Gasteiger partial charge on any atom is 0.246 e. The highest BCUT2D eigenvalue weighted by molar-refractivity contribution is 7.89. The van der Waals surface area contributed by atoms with Crippen LogP contribution in [0.15, 0.2) is 53.4 Å². The number of hydrogen-bond donors (Lipinski definition) is 2. The number of amides is 2. The molecule has 2 N–H and O–H groups in total. The van der Waals surface area contributed by atoms with Crippen molar-refractivity contribution in [3.8, 4) is 11.5 Å². The molecule has 2 atom stereocenters. The van der Waals surface area contributed by atoms with E-state index < -0.39 is 22.0 Å². The van der Waals surface area contributed by atoms with Crippen LogP contribution in [0.3, 0.4) is 0 Å². The minimum Gasteiger partial charge on any atom is -0.497 e. The Kier molecular flexibility index (Phi) is 7.93. The normalized spacial score (nSPS) is 17.6. The Morgan fingerprint density at radius 3 is 2.42 bits per heavy atom. The number of hydrogen-bond acceptors (Lipinski definition) is 6. The number of rotatable bonds is 8. The Morgan fingerprint density at radius 1 is 1.06 bits per heavy atom. The lowest BCUT2D eigenvalue weighted by Crippen LogP contribution is -2.49. The number of ether oxygens (including phenoxy) is 2. The first-order valence-electron chi connectivity index (χ1n) is 10.6. The minimum atomic E-state index is -3.74. The average Bonchev–Trinajstić information content (AvgIpc) is 2.84. The van der Waals surface area contributed by atoms with E-state index in [0.29, 0.717) is 36.6 Å². The maximum atomic E-state index is 13.0. The summed E-state index contributed by atoms with van der Waals surface area (Å²) in [6, 6.07) is 12.3. The van der Waals surface area contributed by atoms with Crippen LogP contribution < -0.4 is 20.1 Å². The van der Waals surface area contributed by atoms with Crippen molar-refractivity contribution in [2.75, 3.05) is 32.6 Å². The van der Waals surface area contributed by atoms with E-state index in [9.17, 15) is 18.0 Å². The van der Waals surface area contributed by atoms with Crippen molar-refractivity contribution in [3.63, 3.8) is 0 Å². The second-order valence-corrected chi connectivity index (χ2v) is 9.77. The van der Waals surface area contributed by atoms with Crippen molar-refractivity contribution in [3.05, 3.63) is 48.5 Å². The molecule has 0 saturated carbocycles. The Bertz CT molecular complexity index is 1090. The Morgan fingerprint density at radius 2 is 1.76 bits per heavy atom. The molecule has 0 bridgehead atoms. The molecule has 1 saturated heterocycles. The molecule has 1 heterocycles. The van der Waals surface area contributed by atoms with Crippen molar-refractivity contribution in [2.45, 2.75) is 30.7 Å². The van der Waals surface area contributed by atoms with Gasteiger partial charge in [0.05, 0.1) is 25.0 Å². The first-order valence-corrected chi connectivity index (χ1v) is 12.1. The van der Waals surface area contributed by atoms with Gasteiger partial charge in [-0.1, -0.05) is 6.07 Å². The van der Waals surface area contributed by atoms with E-state index in [1.807, 2.05) is 0 Å². The molecule has 0 spiro atoms. The van der Waals surface area contributed by atoms with Crippen molar-refractivity contribution in [2.24, 2.45) is 5.92 Å². The molecule has 2 aromatic rings. The molecule has 0 aliphatic carbocycles. The topological polar surface area (TPSA) is 114 Å². The van der Waals surface area contributed by atoms with E-state index in [0.717, 1.165) is 0 Å². The highest BCUT2D eigenvalue weighted by Gasteiger charge is 2.34. The monoisotopic (exact) mass is 475 g/mol. The molecule has 3 rings (SSSR count). The molecule has 1 fully saturated rings. The van der Waals surface area contributed by atoms with Gasteiger partial charge in [-0.05, 0) is 56.2 Å². The van der Waals surface area contributed by atoms with Gasteiger partial charge in [-0.15, -0.1) is 0 Å². The van der Waals surface area contributed by atoms with E-state index >= 15 is 0 Å². The second kappa shape index (κ2) is 10.7. The molecule has 1 aliphatic heterocycles. The quantitative estimate of drug-likeness (QED) is 0.605. The van der Waals surface area contributed by atoms with Crippen LogP contribution in [0.25, 0.3) is 0 Å². The molecule has 2 amide bonds. The zero-order chi connectivity index (χ0) is 24.0. The van der Waals surface area contributed by atoms with Crippen LogP contribution in [0.5, 0.6) is 11.5 Å². The van der Waals surface area contributed by atoms with Crippen LogP contribution in [-0.2, 0) is 19.6 Å². The summed E-state index contributed by atoms with van der Waals surface area (Å²) >= 11 is 0. The third kappa shape index (κ3) is 6.02. The van der Waals surface area contributed by atoms with E-state index in [1.165, 1.54) is 30.7 Å². The fourth-order valence-corrected chi connectivity index (χ4v) is 5.14. The van der Waals surface area contributed by atoms with E-state index in [4.69, 9.17) is 9.47 Å². The first-order chi connectivity index (χ1) is 15.7. The number of nitrogens with one attached hydrogen (secondary N) is 2. The number of nitrogens with zero attached hydrogens (tertiary/aromatic N) is 1. The molecule has 1 aliphatic rings. The van der Waals surface area contributed by atoms with Gasteiger partial charge in [0.15, 0.2) is 0 Å². The third-order valence-corrected chi connectivity index (χ3v) is 7.42. The van der Waals surface area contributed by atoms with Gasteiger partial charge >= 0.3 is 0 Å². The highest BCUT2D eigenvalue weighted by Crippen LogP contribution is 2.25. The molecule has 9 nitrogen and oxygen atoms in total. The first kappa shape index (κ1) is 24.5. The smallest absolute Gasteiger partial charge is 0.246 e. The van der Waals surface area contributed by atoms with E-state index in [-0.39, 0.29) is 23.3 Å². The number of carbonyl (C=O) groups is 2. The van der Waals surface area contributed by atoms with Crippen LogP contribution in [0, 0.1) is 5.92 Å². The van der Waals surface area contributed by atoms with Gasteiger partial charge in [-0.2, -0.15) is 4.31 Å². The Balaban J connectivity index is 1.60. The highest BCUT2D eigenvalue weighted by atomic mass is 32.2. The lowest BCUT2D eigenvalue weighted by atomic mass is 9.98. The average molecular weight is 476 g/mol. The molecule has 0 radical (unpaired) electrons. The molecular weight excluding hydrogens is 446 g/mol. The molecular formula is C23H29N3O6S. The molecule has 10 heteroatoms. The summed E-state index contributed by atoms with van der Waals surface area (Å²) in [6.07, 6.45) is 1.10. The standard InChI is InChI=1S/C23H29N3O6S/c1-16(22(27)25-18-7-4-8-20(14-18)32-3)24-23(28)17-6-5-13-26(15-17)33(29,30)21-11-9-19(31-2)10-12-21/h4,7-12,14,16-17H,5-6,13,15H2,1-3H3,(H,24,28)(H,25,27)/t16-,17+/m0/s1. The van der Waals surface area contributed by atoms with Gasteiger partial charge in [0.1, 0.15) is 17.5 Å². The van der Waals surface area contributed by atoms with Gasteiger partial charge in [-0.3, -0.25) is 9.59 Å². The summed E-state index contributed by atoms with van der Waals surface area (Å²) in [5, 5.41) is 5.44. The SMILES string of the molecule is COc1ccc(S(=O)(=O)N2CCC[C@@H](C(=O)N[C@@H](C)C(=O)Nc3cccc(OC)c3)C2)cc1. The van der Waals surface area contributed by atoms with Crippen LogP contribution in [0.4, 0.5) is 5.69 Å². The zero-order valence-electron chi connectivity index (χ0n) is 18.9. The van der Waals surface area contributed by atoms with Gasteiger partial charge in [0.25, 0.3) is 0 Å². The zero-order valence-corrected chi connectivity index (χ0v) is 19.7. The summed E-state index contributed by atoms with van der Waals surface area (Å²) < 4.78 is 37.6. The lowest BCUT2D eigenvalue weighted by Gasteiger charge is -2.31. The number of sulfonamides is 1. The molecule has 0 aromatic heterocycles. The summed E-state index contributed by atoms with van der Waals surface area (Å²) in [6.45, 7) is 1.98. The minimum absolute atomic E-state index is 0.0599. The van der Waals surface area contributed by atoms with Crippen LogP contribution >= 0.6 is 0 Å². The summed E-state index contributed by atoms with van der Waals surface area (Å²) in [7, 11) is -0.696. The van der Waals surface area contributed by atoms with Crippen molar-refractivity contribution in [1.82, 2.24) is 9.62 Å². The summed E-state index contributed by atoms with van der Waals surface area (Å²) in [5.41, 5.74) is 0.551. The molecule has 178 valence electrons. The predicted octanol–water partition coefficient (Wildman–Crippen LogP) is 2.25. The summed E-state index contributed by atoms with van der Waals surface area (Å²) in [5.74, 6) is -0.109. The van der Waals surface area contributed by atoms with Crippen molar-refractivity contribution in [1.29, 1.82) is 0 Å². The fraction of sp³-hybridized carbons (Fsp3) is 0.391. The van der Waals surface area contributed by atoms with Crippen LogP contribution in [0.1, 0.15) is 19.8 Å². The summed E-state index contributed by atoms with van der Waals surface area (Å²) in [4.78, 5) is 25.5. The van der Waals surface area contributed by atoms with Gasteiger partial charge in [0, 0.05) is 24.8 Å². The third-order valence-electron chi connectivity index (χ3n) is 5.54. The van der Waals surface area contributed by atoms with E-state index in [1.54, 1.807) is 43.3 Å². The second-order valence-electron chi connectivity index (χ2n) is 7.83.